The lowest BCUT2D eigenvalue weighted by Crippen LogP contribution is -2.32. The summed E-state index contributed by atoms with van der Waals surface area (Å²) in [4.78, 5) is 21.6. The predicted molar refractivity (Wildman–Crippen MR) is 61.8 cm³/mol. The molecule has 0 bridgehead atoms. The second-order valence-corrected chi connectivity index (χ2v) is 3.91. The third-order valence-electron chi connectivity index (χ3n) is 1.91. The molecule has 0 saturated heterocycles. The van der Waals surface area contributed by atoms with Gasteiger partial charge in [-0.1, -0.05) is 0 Å². The van der Waals surface area contributed by atoms with Crippen LogP contribution in [0.2, 0.25) is 0 Å². The SMILES string of the molecule is CC(C)OCCCNC(=O)CO[C@H](C)C(=O)O. The minimum absolute atomic E-state index is 0.186. The van der Waals surface area contributed by atoms with E-state index in [1.54, 1.807) is 0 Å². The second kappa shape index (κ2) is 8.95. The van der Waals surface area contributed by atoms with Gasteiger partial charge in [0.05, 0.1) is 6.10 Å². The molecule has 0 fully saturated rings. The maximum absolute atomic E-state index is 11.2. The zero-order valence-electron chi connectivity index (χ0n) is 10.6. The number of carbonyl (C=O) groups excluding carboxylic acids is 1. The first-order valence-electron chi connectivity index (χ1n) is 5.66. The fraction of sp³-hybridized carbons (Fsp3) is 0.818. The fourth-order valence-corrected chi connectivity index (χ4v) is 0.942. The third-order valence-corrected chi connectivity index (χ3v) is 1.91. The summed E-state index contributed by atoms with van der Waals surface area (Å²) in [6.07, 6.45) is -0.0613. The molecule has 0 aliphatic rings. The lowest BCUT2D eigenvalue weighted by molar-refractivity contribution is -0.150. The van der Waals surface area contributed by atoms with Crippen LogP contribution >= 0.6 is 0 Å². The van der Waals surface area contributed by atoms with Crippen LogP contribution in [-0.4, -0.2) is 48.9 Å². The van der Waals surface area contributed by atoms with Crippen molar-refractivity contribution >= 4 is 11.9 Å². The third kappa shape index (κ3) is 9.77. The van der Waals surface area contributed by atoms with Crippen LogP contribution in [0.25, 0.3) is 0 Å². The molecule has 0 aromatic heterocycles. The van der Waals surface area contributed by atoms with Gasteiger partial charge >= 0.3 is 5.97 Å². The molecule has 0 heterocycles. The highest BCUT2D eigenvalue weighted by molar-refractivity contribution is 5.78. The van der Waals surface area contributed by atoms with Gasteiger partial charge in [-0.15, -0.1) is 0 Å². The molecule has 0 unspecified atom stereocenters. The van der Waals surface area contributed by atoms with Crippen molar-refractivity contribution in [2.75, 3.05) is 19.8 Å². The molecule has 0 radical (unpaired) electrons. The molecule has 0 aromatic rings. The van der Waals surface area contributed by atoms with Gasteiger partial charge in [0.1, 0.15) is 6.61 Å². The van der Waals surface area contributed by atoms with Crippen LogP contribution in [0.5, 0.6) is 0 Å². The maximum atomic E-state index is 11.2. The molecule has 17 heavy (non-hydrogen) atoms. The van der Waals surface area contributed by atoms with Crippen LogP contribution < -0.4 is 5.32 Å². The van der Waals surface area contributed by atoms with Gasteiger partial charge in [0.15, 0.2) is 6.10 Å². The van der Waals surface area contributed by atoms with Crippen molar-refractivity contribution in [3.63, 3.8) is 0 Å². The number of nitrogens with one attached hydrogen (secondary N) is 1. The number of carbonyl (C=O) groups is 2. The fourth-order valence-electron chi connectivity index (χ4n) is 0.942. The van der Waals surface area contributed by atoms with Crippen molar-refractivity contribution in [3.8, 4) is 0 Å². The summed E-state index contributed by atoms with van der Waals surface area (Å²) >= 11 is 0. The van der Waals surface area contributed by atoms with E-state index in [9.17, 15) is 9.59 Å². The van der Waals surface area contributed by atoms with Crippen molar-refractivity contribution in [2.45, 2.75) is 39.4 Å². The number of aliphatic carboxylic acids is 1. The van der Waals surface area contributed by atoms with Gasteiger partial charge in [-0.2, -0.15) is 0 Å². The van der Waals surface area contributed by atoms with Crippen LogP contribution in [0, 0.1) is 0 Å². The largest absolute Gasteiger partial charge is 0.479 e. The van der Waals surface area contributed by atoms with Crippen LogP contribution in [0.3, 0.4) is 0 Å². The molecule has 0 spiro atoms. The van der Waals surface area contributed by atoms with E-state index >= 15 is 0 Å². The minimum Gasteiger partial charge on any atom is -0.479 e. The number of carboxylic acids is 1. The summed E-state index contributed by atoms with van der Waals surface area (Å²) in [5, 5.41) is 11.1. The molecular weight excluding hydrogens is 226 g/mol. The molecule has 1 atom stereocenters. The normalized spacial score (nSPS) is 12.5. The average molecular weight is 247 g/mol. The number of hydrogen-bond acceptors (Lipinski definition) is 4. The molecule has 0 saturated carbocycles. The van der Waals surface area contributed by atoms with Gasteiger partial charge in [0, 0.05) is 13.2 Å². The van der Waals surface area contributed by atoms with Crippen LogP contribution in [-0.2, 0) is 19.1 Å². The predicted octanol–water partition coefficient (Wildman–Crippen LogP) is 0.407. The quantitative estimate of drug-likeness (QED) is 0.576. The number of rotatable bonds is 9. The highest BCUT2D eigenvalue weighted by Gasteiger charge is 2.12. The molecule has 0 aliphatic heterocycles. The molecule has 6 heteroatoms. The number of amides is 1. The molecule has 100 valence electrons. The molecule has 0 aromatic carbocycles. The molecular formula is C11H21NO5. The summed E-state index contributed by atoms with van der Waals surface area (Å²) in [5.41, 5.74) is 0. The van der Waals surface area contributed by atoms with E-state index in [1.165, 1.54) is 6.92 Å². The molecule has 2 N–H and O–H groups in total. The molecule has 1 amide bonds. The van der Waals surface area contributed by atoms with E-state index in [2.05, 4.69) is 5.32 Å². The summed E-state index contributed by atoms with van der Waals surface area (Å²) in [5.74, 6) is -1.40. The Morgan fingerprint density at radius 1 is 1.24 bits per heavy atom. The number of carboxylic acid groups (broad SMARTS) is 1. The Labute approximate surface area is 101 Å². The van der Waals surface area contributed by atoms with Crippen molar-refractivity contribution in [2.24, 2.45) is 0 Å². The Kier molecular flexibility index (Phi) is 8.35. The van der Waals surface area contributed by atoms with Crippen LogP contribution in [0.1, 0.15) is 27.2 Å². The lowest BCUT2D eigenvalue weighted by atomic mass is 10.4. The van der Waals surface area contributed by atoms with Crippen molar-refractivity contribution < 1.29 is 24.2 Å². The van der Waals surface area contributed by atoms with Gasteiger partial charge in [-0.05, 0) is 27.2 Å². The van der Waals surface area contributed by atoms with Gasteiger partial charge < -0.3 is 19.9 Å². The van der Waals surface area contributed by atoms with E-state index in [0.29, 0.717) is 13.2 Å². The topological polar surface area (TPSA) is 84.9 Å². The molecule has 0 aliphatic carbocycles. The number of ether oxygens (including phenoxy) is 2. The van der Waals surface area contributed by atoms with Gasteiger partial charge in [-0.25, -0.2) is 4.79 Å². The van der Waals surface area contributed by atoms with Crippen molar-refractivity contribution in [1.29, 1.82) is 0 Å². The zero-order valence-corrected chi connectivity index (χ0v) is 10.6. The zero-order chi connectivity index (χ0) is 13.3. The second-order valence-electron chi connectivity index (χ2n) is 3.91. The van der Waals surface area contributed by atoms with Gasteiger partial charge in [0.25, 0.3) is 0 Å². The van der Waals surface area contributed by atoms with Gasteiger partial charge in [0.2, 0.25) is 5.91 Å². The Hall–Kier alpha value is -1.14. The first-order chi connectivity index (χ1) is 7.93. The Morgan fingerprint density at radius 2 is 1.88 bits per heavy atom. The first-order valence-corrected chi connectivity index (χ1v) is 5.66. The Balaban J connectivity index is 3.44. The summed E-state index contributed by atoms with van der Waals surface area (Å²) in [6, 6.07) is 0. The van der Waals surface area contributed by atoms with Crippen LogP contribution in [0.15, 0.2) is 0 Å². The van der Waals surface area contributed by atoms with E-state index in [0.717, 1.165) is 6.42 Å². The smallest absolute Gasteiger partial charge is 0.332 e. The monoisotopic (exact) mass is 247 g/mol. The summed E-state index contributed by atoms with van der Waals surface area (Å²) in [7, 11) is 0. The van der Waals surface area contributed by atoms with E-state index < -0.39 is 12.1 Å². The maximum Gasteiger partial charge on any atom is 0.332 e. The summed E-state index contributed by atoms with van der Waals surface area (Å²) in [6.45, 7) is 6.12. The molecule has 6 nitrogen and oxygen atoms in total. The van der Waals surface area contributed by atoms with Crippen molar-refractivity contribution in [1.82, 2.24) is 5.32 Å². The minimum atomic E-state index is -1.08. The highest BCUT2D eigenvalue weighted by Crippen LogP contribution is 1.91. The standard InChI is InChI=1S/C11H21NO5/c1-8(2)16-6-4-5-12-10(13)7-17-9(3)11(14)15/h8-9H,4-7H2,1-3H3,(H,12,13)(H,14,15)/t9-/m1/s1. The number of hydrogen-bond donors (Lipinski definition) is 2. The highest BCUT2D eigenvalue weighted by atomic mass is 16.5. The Bertz CT molecular complexity index is 242. The van der Waals surface area contributed by atoms with Crippen molar-refractivity contribution in [3.05, 3.63) is 0 Å². The van der Waals surface area contributed by atoms with E-state index in [-0.39, 0.29) is 18.6 Å². The van der Waals surface area contributed by atoms with E-state index in [4.69, 9.17) is 14.6 Å². The average Bonchev–Trinajstić information content (AvgIpc) is 2.24. The van der Waals surface area contributed by atoms with Gasteiger partial charge in [-0.3, -0.25) is 4.79 Å². The van der Waals surface area contributed by atoms with E-state index in [1.807, 2.05) is 13.8 Å². The summed E-state index contributed by atoms with van der Waals surface area (Å²) < 4.78 is 10.1. The lowest BCUT2D eigenvalue weighted by Gasteiger charge is -2.10. The Morgan fingerprint density at radius 3 is 2.41 bits per heavy atom. The molecule has 0 rings (SSSR count). The first kappa shape index (κ1) is 15.9. The van der Waals surface area contributed by atoms with Crippen LogP contribution in [0.4, 0.5) is 0 Å².